The van der Waals surface area contributed by atoms with Crippen molar-refractivity contribution in [3.05, 3.63) is 24.3 Å². The van der Waals surface area contributed by atoms with Crippen LogP contribution in [0.3, 0.4) is 0 Å². The zero-order valence-electron chi connectivity index (χ0n) is 13.8. The molecule has 1 unspecified atom stereocenters. The second-order valence-corrected chi connectivity index (χ2v) is 7.44. The van der Waals surface area contributed by atoms with Crippen LogP contribution in [0.1, 0.15) is 27.2 Å². The highest BCUT2D eigenvalue weighted by Gasteiger charge is 2.76. The minimum absolute atomic E-state index is 0.230. The molecule has 7 heteroatoms. The first kappa shape index (κ1) is 15.8. The molecule has 3 fully saturated rings. The molecule has 2 aliphatic heterocycles. The van der Waals surface area contributed by atoms with E-state index in [1.807, 2.05) is 6.92 Å². The molecule has 1 N–H and O–H groups in total. The molecule has 1 saturated carbocycles. The summed E-state index contributed by atoms with van der Waals surface area (Å²) in [6.07, 6.45) is 2.30. The van der Waals surface area contributed by atoms with E-state index in [0.29, 0.717) is 5.57 Å². The summed E-state index contributed by atoms with van der Waals surface area (Å²) in [6, 6.07) is 0. The summed E-state index contributed by atoms with van der Waals surface area (Å²) >= 11 is 0. The number of ether oxygens (including phenoxy) is 2. The van der Waals surface area contributed by atoms with Crippen LogP contribution in [0.25, 0.3) is 0 Å². The molecule has 0 aromatic rings. The number of carbonyl (C=O) groups is 2. The summed E-state index contributed by atoms with van der Waals surface area (Å²) in [5.74, 6) is -1.84. The van der Waals surface area contributed by atoms with Crippen molar-refractivity contribution in [1.82, 2.24) is 0 Å². The van der Waals surface area contributed by atoms with E-state index in [4.69, 9.17) is 19.2 Å². The maximum Gasteiger partial charge on any atom is 0.334 e. The minimum atomic E-state index is -1.56. The van der Waals surface area contributed by atoms with Crippen molar-refractivity contribution >= 4 is 11.9 Å². The Kier molecular flexibility index (Phi) is 2.95. The average Bonchev–Trinajstić information content (AvgIpc) is 3.04. The van der Waals surface area contributed by atoms with Crippen LogP contribution in [-0.2, 0) is 28.8 Å². The van der Waals surface area contributed by atoms with Gasteiger partial charge in [0.2, 0.25) is 0 Å². The molecule has 0 amide bonds. The molecule has 0 spiro atoms. The highest BCUT2D eigenvalue weighted by atomic mass is 17.2. The predicted octanol–water partition coefficient (Wildman–Crippen LogP) is 0.816. The Morgan fingerprint density at radius 2 is 2.08 bits per heavy atom. The van der Waals surface area contributed by atoms with Crippen molar-refractivity contribution in [1.29, 1.82) is 0 Å². The van der Waals surface area contributed by atoms with Gasteiger partial charge in [0.15, 0.2) is 5.60 Å². The number of esters is 2. The van der Waals surface area contributed by atoms with Gasteiger partial charge in [0.25, 0.3) is 0 Å². The van der Waals surface area contributed by atoms with Crippen molar-refractivity contribution in [3.8, 4) is 0 Å². The van der Waals surface area contributed by atoms with E-state index < -0.39 is 46.9 Å². The standard InChI is InChI=1S/C17H20O7/c1-8-10-7-11(21-9(2)18)16(4,20)17-6-5-15(3,23-24-17)13(17)12(10)22-14(8)19/h5-6,10-13,20H,1,7H2,2-4H3/t10?,11-,12+,13+,15-,16-,17+/m1/s1. The molecule has 4 aliphatic rings. The van der Waals surface area contributed by atoms with Crippen LogP contribution < -0.4 is 0 Å². The summed E-state index contributed by atoms with van der Waals surface area (Å²) in [7, 11) is 0. The van der Waals surface area contributed by atoms with E-state index >= 15 is 0 Å². The van der Waals surface area contributed by atoms with Gasteiger partial charge in [-0.05, 0) is 26.3 Å². The molecule has 0 aromatic carbocycles. The quantitative estimate of drug-likeness (QED) is 0.328. The lowest BCUT2D eigenvalue weighted by atomic mass is 9.70. The lowest BCUT2D eigenvalue weighted by Crippen LogP contribution is -2.62. The van der Waals surface area contributed by atoms with E-state index in [1.165, 1.54) is 6.92 Å². The van der Waals surface area contributed by atoms with Gasteiger partial charge >= 0.3 is 11.9 Å². The molecular weight excluding hydrogens is 316 g/mol. The molecular formula is C17H20O7. The van der Waals surface area contributed by atoms with Crippen LogP contribution >= 0.6 is 0 Å². The van der Waals surface area contributed by atoms with E-state index in [0.717, 1.165) is 0 Å². The third kappa shape index (κ3) is 1.67. The van der Waals surface area contributed by atoms with Gasteiger partial charge in [-0.3, -0.25) is 4.79 Å². The second-order valence-electron chi connectivity index (χ2n) is 7.44. The van der Waals surface area contributed by atoms with E-state index in [2.05, 4.69) is 6.58 Å². The fourth-order valence-electron chi connectivity index (χ4n) is 4.66. The monoisotopic (exact) mass is 336 g/mol. The van der Waals surface area contributed by atoms with Crippen LogP contribution in [0.5, 0.6) is 0 Å². The lowest BCUT2D eigenvalue weighted by Gasteiger charge is -2.42. The first-order valence-corrected chi connectivity index (χ1v) is 7.99. The first-order chi connectivity index (χ1) is 11.1. The molecule has 2 bridgehead atoms. The lowest BCUT2D eigenvalue weighted by molar-refractivity contribution is -0.366. The van der Waals surface area contributed by atoms with E-state index in [9.17, 15) is 14.7 Å². The Morgan fingerprint density at radius 3 is 2.67 bits per heavy atom. The van der Waals surface area contributed by atoms with E-state index in [-0.39, 0.29) is 12.3 Å². The zero-order chi connectivity index (χ0) is 17.5. The molecule has 2 aliphatic carbocycles. The highest BCUT2D eigenvalue weighted by Crippen LogP contribution is 2.61. The SMILES string of the molecule is C=C1C(=O)O[C@H]2C1C[C@@H](OC(C)=O)[C@@](C)(O)[C@@]13C=C[C@@](C)(OO1)[C@H]23. The van der Waals surface area contributed by atoms with Crippen LogP contribution in [-0.4, -0.2) is 46.1 Å². The maximum atomic E-state index is 12.1. The summed E-state index contributed by atoms with van der Waals surface area (Å²) in [6.45, 7) is 8.48. The number of aliphatic hydroxyl groups is 1. The summed E-state index contributed by atoms with van der Waals surface area (Å²) in [5.41, 5.74) is -3.36. The molecule has 7 nitrogen and oxygen atoms in total. The minimum Gasteiger partial charge on any atom is -0.459 e. The van der Waals surface area contributed by atoms with Crippen molar-refractivity contribution in [3.63, 3.8) is 0 Å². The van der Waals surface area contributed by atoms with Crippen molar-refractivity contribution < 1.29 is 33.9 Å². The fourth-order valence-corrected chi connectivity index (χ4v) is 4.66. The molecule has 130 valence electrons. The fraction of sp³-hybridized carbons (Fsp3) is 0.647. The van der Waals surface area contributed by atoms with Crippen LogP contribution in [0.4, 0.5) is 0 Å². The summed E-state index contributed by atoms with van der Waals surface area (Å²) in [5, 5.41) is 11.3. The van der Waals surface area contributed by atoms with Crippen molar-refractivity contribution in [2.75, 3.05) is 0 Å². The Hall–Kier alpha value is -1.70. The molecule has 4 rings (SSSR count). The second kappa shape index (κ2) is 4.47. The zero-order valence-corrected chi connectivity index (χ0v) is 13.8. The van der Waals surface area contributed by atoms with E-state index in [1.54, 1.807) is 19.1 Å². The van der Waals surface area contributed by atoms with Gasteiger partial charge < -0.3 is 14.6 Å². The predicted molar refractivity (Wildman–Crippen MR) is 79.2 cm³/mol. The van der Waals surface area contributed by atoms with Gasteiger partial charge in [0.1, 0.15) is 23.4 Å². The molecule has 2 heterocycles. The topological polar surface area (TPSA) is 91.3 Å². The smallest absolute Gasteiger partial charge is 0.334 e. The molecule has 0 aromatic heterocycles. The summed E-state index contributed by atoms with van der Waals surface area (Å²) in [4.78, 5) is 34.7. The van der Waals surface area contributed by atoms with Gasteiger partial charge in [-0.15, -0.1) is 0 Å². The third-order valence-electron chi connectivity index (χ3n) is 5.97. The number of carbonyl (C=O) groups excluding carboxylic acids is 2. The average molecular weight is 336 g/mol. The Bertz CT molecular complexity index is 680. The summed E-state index contributed by atoms with van der Waals surface area (Å²) < 4.78 is 11.0. The normalized spacial score (nSPS) is 51.8. The largest absolute Gasteiger partial charge is 0.459 e. The van der Waals surface area contributed by atoms with Gasteiger partial charge in [0, 0.05) is 18.4 Å². The van der Waals surface area contributed by atoms with Crippen molar-refractivity contribution in [2.24, 2.45) is 11.8 Å². The number of fused-ring (bicyclic) bond motifs is 1. The van der Waals surface area contributed by atoms with Gasteiger partial charge in [-0.1, -0.05) is 12.7 Å². The van der Waals surface area contributed by atoms with Crippen LogP contribution in [0, 0.1) is 11.8 Å². The third-order valence-corrected chi connectivity index (χ3v) is 5.97. The Balaban J connectivity index is 1.88. The molecule has 24 heavy (non-hydrogen) atoms. The maximum absolute atomic E-state index is 12.1. The number of rotatable bonds is 1. The number of hydrogen-bond donors (Lipinski definition) is 1. The first-order valence-electron chi connectivity index (χ1n) is 7.99. The van der Waals surface area contributed by atoms with Gasteiger partial charge in [-0.2, -0.15) is 0 Å². The molecule has 7 atom stereocenters. The highest BCUT2D eigenvalue weighted by molar-refractivity contribution is 5.91. The Morgan fingerprint density at radius 1 is 1.38 bits per heavy atom. The van der Waals surface area contributed by atoms with Crippen molar-refractivity contribution in [2.45, 2.75) is 56.2 Å². The number of hydrogen-bond acceptors (Lipinski definition) is 7. The van der Waals surface area contributed by atoms with Crippen LogP contribution in [0.2, 0.25) is 0 Å². The Labute approximate surface area is 139 Å². The van der Waals surface area contributed by atoms with Gasteiger partial charge in [0.05, 0.1) is 5.92 Å². The van der Waals surface area contributed by atoms with Crippen LogP contribution in [0.15, 0.2) is 24.3 Å². The molecule has 2 saturated heterocycles. The van der Waals surface area contributed by atoms with Gasteiger partial charge in [-0.25, -0.2) is 14.6 Å². The molecule has 0 radical (unpaired) electrons.